The number of carbonyl (C=O) groups is 1. The van der Waals surface area contributed by atoms with E-state index in [0.29, 0.717) is 46.2 Å². The molecule has 2 aliphatic heterocycles. The molecule has 16 heteroatoms. The minimum atomic E-state index is -1.61. The summed E-state index contributed by atoms with van der Waals surface area (Å²) in [7, 11) is 0. The first-order chi connectivity index (χ1) is 21.1. The topological polar surface area (TPSA) is 224 Å². The standard InChI is InChI=1S/C28H51NO15/c1-16(14-39-6-4-37-8-10-41-26-17(2)23(33)24(34)19(12-30)43-26)15-40-7-5-38-9-11-42-27-22(29-18(3)32)21-25(35)28(21,36)20(13-31)44-27/h16-17,19-27,30-31,33-36H,4-15H2,1-3H3,(H,29,32)/t16?,17?,19?,20?,21?,22?,23?,24-,25?,26+,27+,28?/m0/s1. The van der Waals surface area contributed by atoms with Crippen LogP contribution in [0.5, 0.6) is 0 Å². The zero-order valence-corrected chi connectivity index (χ0v) is 25.7. The normalized spacial score (nSPS) is 37.4. The number of fused-ring (bicyclic) bond motifs is 1. The van der Waals surface area contributed by atoms with E-state index in [4.69, 9.17) is 37.9 Å². The van der Waals surface area contributed by atoms with E-state index >= 15 is 0 Å². The monoisotopic (exact) mass is 641 g/mol. The minimum absolute atomic E-state index is 0.128. The Morgan fingerprint density at radius 2 is 1.36 bits per heavy atom. The van der Waals surface area contributed by atoms with Gasteiger partial charge in [0.1, 0.15) is 23.9 Å². The molecule has 12 atom stereocenters. The highest BCUT2D eigenvalue weighted by molar-refractivity contribution is 5.73. The number of amides is 1. The van der Waals surface area contributed by atoms with Gasteiger partial charge in [-0.05, 0) is 0 Å². The van der Waals surface area contributed by atoms with Gasteiger partial charge >= 0.3 is 0 Å². The summed E-state index contributed by atoms with van der Waals surface area (Å²) >= 11 is 0. The van der Waals surface area contributed by atoms with Crippen LogP contribution in [0.2, 0.25) is 0 Å². The van der Waals surface area contributed by atoms with Crippen LogP contribution in [0.1, 0.15) is 20.8 Å². The van der Waals surface area contributed by atoms with Gasteiger partial charge in [0.25, 0.3) is 0 Å². The number of aliphatic hydroxyl groups is 6. The van der Waals surface area contributed by atoms with E-state index in [9.17, 15) is 35.4 Å². The second-order valence-corrected chi connectivity index (χ2v) is 11.5. The number of aliphatic hydroxyl groups excluding tert-OH is 5. The van der Waals surface area contributed by atoms with Crippen molar-refractivity contribution in [2.75, 3.05) is 79.3 Å². The highest BCUT2D eigenvalue weighted by Crippen LogP contribution is 2.54. The maximum Gasteiger partial charge on any atom is 0.217 e. The molecule has 2 heterocycles. The van der Waals surface area contributed by atoms with Crippen LogP contribution in [-0.2, 0) is 42.7 Å². The van der Waals surface area contributed by atoms with Gasteiger partial charge in [-0.2, -0.15) is 0 Å². The maximum atomic E-state index is 11.6. The van der Waals surface area contributed by atoms with Crippen molar-refractivity contribution in [1.82, 2.24) is 5.32 Å². The van der Waals surface area contributed by atoms with E-state index in [1.807, 2.05) is 6.92 Å². The third-order valence-electron chi connectivity index (χ3n) is 8.02. The molecule has 258 valence electrons. The van der Waals surface area contributed by atoms with Gasteiger partial charge in [0, 0.05) is 24.7 Å². The van der Waals surface area contributed by atoms with Crippen LogP contribution in [0.4, 0.5) is 0 Å². The lowest BCUT2D eigenvalue weighted by molar-refractivity contribution is -0.284. The zero-order chi connectivity index (χ0) is 32.3. The Hall–Kier alpha value is -1.09. The summed E-state index contributed by atoms with van der Waals surface area (Å²) < 4.78 is 44.7. The van der Waals surface area contributed by atoms with Crippen molar-refractivity contribution >= 4 is 5.91 Å². The molecule has 0 radical (unpaired) electrons. The molecule has 1 amide bonds. The van der Waals surface area contributed by atoms with Gasteiger partial charge in [0.2, 0.25) is 5.91 Å². The highest BCUT2D eigenvalue weighted by atomic mass is 16.7. The van der Waals surface area contributed by atoms with E-state index in [-0.39, 0.29) is 31.6 Å². The molecule has 7 N–H and O–H groups in total. The second-order valence-electron chi connectivity index (χ2n) is 11.5. The molecular formula is C28H51NO15. The Kier molecular flexibility index (Phi) is 15.5. The molecule has 1 aliphatic carbocycles. The van der Waals surface area contributed by atoms with E-state index in [0.717, 1.165) is 0 Å². The molecule has 9 unspecified atom stereocenters. The van der Waals surface area contributed by atoms with E-state index < -0.39 is 79.8 Å². The fourth-order valence-electron chi connectivity index (χ4n) is 5.45. The van der Waals surface area contributed by atoms with Crippen LogP contribution in [0.15, 0.2) is 0 Å². The third kappa shape index (κ3) is 9.95. The lowest BCUT2D eigenvalue weighted by Crippen LogP contribution is -2.57. The molecule has 0 aromatic rings. The van der Waals surface area contributed by atoms with Crippen molar-refractivity contribution in [3.8, 4) is 0 Å². The molecule has 3 fully saturated rings. The largest absolute Gasteiger partial charge is 0.394 e. The third-order valence-corrected chi connectivity index (χ3v) is 8.02. The van der Waals surface area contributed by atoms with Gasteiger partial charge in [0.05, 0.1) is 97.5 Å². The van der Waals surface area contributed by atoms with Crippen molar-refractivity contribution in [3.63, 3.8) is 0 Å². The van der Waals surface area contributed by atoms with Gasteiger partial charge in [0.15, 0.2) is 12.6 Å². The Morgan fingerprint density at radius 3 is 1.91 bits per heavy atom. The lowest BCUT2D eigenvalue weighted by atomic mass is 9.92. The number of hydrogen-bond acceptors (Lipinski definition) is 15. The summed E-state index contributed by atoms with van der Waals surface area (Å²) in [6.07, 6.45) is -6.96. The summed E-state index contributed by atoms with van der Waals surface area (Å²) in [6.45, 7) is 7.40. The summed E-state index contributed by atoms with van der Waals surface area (Å²) in [5.41, 5.74) is -1.61. The number of carbonyl (C=O) groups excluding carboxylic acids is 1. The molecule has 0 aromatic heterocycles. The average Bonchev–Trinajstić information content (AvgIpc) is 3.56. The molecule has 3 rings (SSSR count). The van der Waals surface area contributed by atoms with E-state index in [1.54, 1.807) is 6.92 Å². The predicted octanol–water partition coefficient (Wildman–Crippen LogP) is -3.26. The first-order valence-electron chi connectivity index (χ1n) is 15.2. The van der Waals surface area contributed by atoms with Crippen LogP contribution >= 0.6 is 0 Å². The van der Waals surface area contributed by atoms with Crippen LogP contribution < -0.4 is 5.32 Å². The summed E-state index contributed by atoms with van der Waals surface area (Å²) in [5, 5.41) is 62.1. The SMILES string of the molecule is CC(=O)NC1C2C(O)C2(O)C(CO)O[C@H]1OCCOCCOCC(C)COCCOCCO[C@@H]1OC(CO)[C@H](O)C(O)C1C. The average molecular weight is 642 g/mol. The molecule has 0 spiro atoms. The Bertz CT molecular complexity index is 839. The molecule has 16 nitrogen and oxygen atoms in total. The minimum Gasteiger partial charge on any atom is -0.394 e. The van der Waals surface area contributed by atoms with Crippen LogP contribution in [0.3, 0.4) is 0 Å². The van der Waals surface area contributed by atoms with Gasteiger partial charge < -0.3 is 73.9 Å². The van der Waals surface area contributed by atoms with Gasteiger partial charge in [-0.15, -0.1) is 0 Å². The quantitative estimate of drug-likeness (QED) is 0.0611. The molecule has 1 saturated carbocycles. The molecule has 0 bridgehead atoms. The smallest absolute Gasteiger partial charge is 0.217 e. The fraction of sp³-hybridized carbons (Fsp3) is 0.964. The maximum absolute atomic E-state index is 11.6. The van der Waals surface area contributed by atoms with Crippen LogP contribution in [0, 0.1) is 17.8 Å². The van der Waals surface area contributed by atoms with Crippen molar-refractivity contribution in [2.45, 2.75) is 75.5 Å². The van der Waals surface area contributed by atoms with Gasteiger partial charge in [-0.1, -0.05) is 13.8 Å². The van der Waals surface area contributed by atoms with Crippen molar-refractivity contribution in [2.24, 2.45) is 17.8 Å². The molecule has 44 heavy (non-hydrogen) atoms. The highest BCUT2D eigenvalue weighted by Gasteiger charge is 2.75. The van der Waals surface area contributed by atoms with Crippen molar-refractivity contribution in [1.29, 1.82) is 0 Å². The summed E-state index contributed by atoms with van der Waals surface area (Å²) in [5.74, 6) is -1.36. The van der Waals surface area contributed by atoms with Gasteiger partial charge in [-0.3, -0.25) is 4.79 Å². The molecule has 3 aliphatic rings. The number of rotatable bonds is 21. The van der Waals surface area contributed by atoms with Crippen molar-refractivity contribution in [3.05, 3.63) is 0 Å². The first-order valence-corrected chi connectivity index (χ1v) is 15.2. The fourth-order valence-corrected chi connectivity index (χ4v) is 5.45. The van der Waals surface area contributed by atoms with Crippen molar-refractivity contribution < 1.29 is 73.3 Å². The predicted molar refractivity (Wildman–Crippen MR) is 149 cm³/mol. The van der Waals surface area contributed by atoms with Gasteiger partial charge in [-0.25, -0.2) is 0 Å². The molecule has 0 aromatic carbocycles. The van der Waals surface area contributed by atoms with E-state index in [1.165, 1.54) is 6.92 Å². The zero-order valence-electron chi connectivity index (χ0n) is 25.7. The Balaban J connectivity index is 1.14. The molecule has 2 saturated heterocycles. The first kappa shape index (κ1) is 37.4. The van der Waals surface area contributed by atoms with E-state index in [2.05, 4.69) is 5.32 Å². The van der Waals surface area contributed by atoms with Crippen LogP contribution in [-0.4, -0.2) is 171 Å². The van der Waals surface area contributed by atoms with Crippen LogP contribution in [0.25, 0.3) is 0 Å². The number of hydrogen-bond donors (Lipinski definition) is 7. The lowest BCUT2D eigenvalue weighted by Gasteiger charge is -2.40. The summed E-state index contributed by atoms with van der Waals surface area (Å²) in [6, 6.07) is -0.762. The second kappa shape index (κ2) is 18.3. The number of ether oxygens (including phenoxy) is 8. The Morgan fingerprint density at radius 1 is 0.818 bits per heavy atom. The number of nitrogens with one attached hydrogen (secondary N) is 1. The molecular weight excluding hydrogens is 590 g/mol. The summed E-state index contributed by atoms with van der Waals surface area (Å²) in [4.78, 5) is 11.6. The Labute approximate surface area is 257 Å².